The molecule has 0 radical (unpaired) electrons. The molecule has 0 nitrogen and oxygen atoms in total. The highest BCUT2D eigenvalue weighted by Gasteiger charge is 2.29. The van der Waals surface area contributed by atoms with E-state index in [9.17, 15) is 0 Å². The fourth-order valence-corrected chi connectivity index (χ4v) is 3.23. The van der Waals surface area contributed by atoms with Gasteiger partial charge in [0.2, 0.25) is 0 Å². The van der Waals surface area contributed by atoms with Gasteiger partial charge >= 0.3 is 0 Å². The summed E-state index contributed by atoms with van der Waals surface area (Å²) in [6.07, 6.45) is 10.2. The largest absolute Gasteiger partial charge is 0.0654 e. The second-order valence-corrected chi connectivity index (χ2v) is 6.00. The molecule has 0 aromatic carbocycles. The maximum absolute atomic E-state index is 2.46. The van der Waals surface area contributed by atoms with Crippen LogP contribution in [0.3, 0.4) is 0 Å². The number of hydrogen-bond acceptors (Lipinski definition) is 0. The first-order chi connectivity index (χ1) is 7.15. The summed E-state index contributed by atoms with van der Waals surface area (Å²) in [6, 6.07) is 0. The van der Waals surface area contributed by atoms with Gasteiger partial charge in [-0.2, -0.15) is 0 Å². The lowest BCUT2D eigenvalue weighted by molar-refractivity contribution is 0.134. The van der Waals surface area contributed by atoms with Crippen molar-refractivity contribution in [3.05, 3.63) is 0 Å². The van der Waals surface area contributed by atoms with Crippen LogP contribution in [0.5, 0.6) is 0 Å². The summed E-state index contributed by atoms with van der Waals surface area (Å²) < 4.78 is 0. The van der Waals surface area contributed by atoms with Gasteiger partial charge in [0.05, 0.1) is 0 Å². The van der Waals surface area contributed by atoms with Crippen molar-refractivity contribution in [1.82, 2.24) is 0 Å². The highest BCUT2D eigenvalue weighted by atomic mass is 14.3. The van der Waals surface area contributed by atoms with Gasteiger partial charge in [0, 0.05) is 0 Å². The predicted molar refractivity (Wildman–Crippen MR) is 69.0 cm³/mol. The van der Waals surface area contributed by atoms with Crippen LogP contribution in [0, 0.1) is 23.7 Å². The van der Waals surface area contributed by atoms with E-state index in [1.54, 1.807) is 0 Å². The Labute approximate surface area is 96.8 Å². The zero-order valence-corrected chi connectivity index (χ0v) is 11.3. The highest BCUT2D eigenvalue weighted by Crippen LogP contribution is 2.39. The van der Waals surface area contributed by atoms with Crippen LogP contribution in [0.1, 0.15) is 72.6 Å². The molecule has 2 atom stereocenters. The SMILES string of the molecule is CCCCCCC1CC(C)C(C)C(C)C1. The van der Waals surface area contributed by atoms with Crippen LogP contribution in [0.15, 0.2) is 0 Å². The quantitative estimate of drug-likeness (QED) is 0.542. The van der Waals surface area contributed by atoms with Gasteiger partial charge in [-0.25, -0.2) is 0 Å². The van der Waals surface area contributed by atoms with Crippen molar-refractivity contribution in [2.45, 2.75) is 72.6 Å². The minimum Gasteiger partial charge on any atom is -0.0654 e. The molecule has 0 heteroatoms. The van der Waals surface area contributed by atoms with Crippen molar-refractivity contribution in [1.29, 1.82) is 0 Å². The van der Waals surface area contributed by atoms with Crippen molar-refractivity contribution in [2.75, 3.05) is 0 Å². The zero-order chi connectivity index (χ0) is 11.3. The first kappa shape index (κ1) is 13.1. The Bertz CT molecular complexity index is 149. The van der Waals surface area contributed by atoms with Crippen molar-refractivity contribution >= 4 is 0 Å². The van der Waals surface area contributed by atoms with Crippen molar-refractivity contribution in [3.8, 4) is 0 Å². The molecule has 0 bridgehead atoms. The van der Waals surface area contributed by atoms with Crippen molar-refractivity contribution in [3.63, 3.8) is 0 Å². The van der Waals surface area contributed by atoms with Crippen LogP contribution in [-0.2, 0) is 0 Å². The van der Waals surface area contributed by atoms with Crippen LogP contribution in [0.2, 0.25) is 0 Å². The standard InChI is InChI=1S/C15H30/c1-5-6-7-8-9-15-10-12(2)14(4)13(3)11-15/h12-15H,5-11H2,1-4H3. The monoisotopic (exact) mass is 210 g/mol. The lowest BCUT2D eigenvalue weighted by atomic mass is 9.69. The maximum Gasteiger partial charge on any atom is -0.0391 e. The van der Waals surface area contributed by atoms with Gasteiger partial charge in [0.15, 0.2) is 0 Å². The molecule has 0 amide bonds. The summed E-state index contributed by atoms with van der Waals surface area (Å²) in [5.74, 6) is 3.93. The molecule has 0 aromatic rings. The van der Waals surface area contributed by atoms with E-state index in [1.807, 2.05) is 0 Å². The molecule has 2 unspecified atom stereocenters. The van der Waals surface area contributed by atoms with Gasteiger partial charge in [-0.3, -0.25) is 0 Å². The first-order valence-corrected chi connectivity index (χ1v) is 7.15. The molecule has 1 aliphatic rings. The Morgan fingerprint density at radius 2 is 1.47 bits per heavy atom. The average Bonchev–Trinajstić information content (AvgIpc) is 2.21. The second-order valence-electron chi connectivity index (χ2n) is 6.00. The lowest BCUT2D eigenvalue weighted by Gasteiger charge is -2.37. The third-order valence-electron chi connectivity index (χ3n) is 4.67. The predicted octanol–water partition coefficient (Wildman–Crippen LogP) is 5.28. The fraction of sp³-hybridized carbons (Fsp3) is 1.00. The highest BCUT2D eigenvalue weighted by molar-refractivity contribution is 4.79. The van der Waals surface area contributed by atoms with E-state index >= 15 is 0 Å². The molecule has 0 heterocycles. The Morgan fingerprint density at radius 1 is 0.867 bits per heavy atom. The Hall–Kier alpha value is 0. The zero-order valence-electron chi connectivity index (χ0n) is 11.3. The first-order valence-electron chi connectivity index (χ1n) is 7.15. The summed E-state index contributed by atoms with van der Waals surface area (Å²) in [7, 11) is 0. The van der Waals surface area contributed by atoms with E-state index in [2.05, 4.69) is 27.7 Å². The summed E-state index contributed by atoms with van der Waals surface area (Å²) in [6.45, 7) is 9.66. The third-order valence-corrected chi connectivity index (χ3v) is 4.67. The summed E-state index contributed by atoms with van der Waals surface area (Å²) in [4.78, 5) is 0. The summed E-state index contributed by atoms with van der Waals surface area (Å²) in [5, 5.41) is 0. The van der Waals surface area contributed by atoms with E-state index in [0.717, 1.165) is 23.7 Å². The Morgan fingerprint density at radius 3 is 2.00 bits per heavy atom. The molecule has 1 fully saturated rings. The fourth-order valence-electron chi connectivity index (χ4n) is 3.23. The minimum absolute atomic E-state index is 0.955. The molecule has 0 aliphatic heterocycles. The number of unbranched alkanes of at least 4 members (excludes halogenated alkanes) is 3. The second kappa shape index (κ2) is 6.55. The van der Waals surface area contributed by atoms with Crippen LogP contribution in [0.4, 0.5) is 0 Å². The third kappa shape index (κ3) is 4.17. The van der Waals surface area contributed by atoms with Crippen LogP contribution >= 0.6 is 0 Å². The van der Waals surface area contributed by atoms with E-state index in [0.29, 0.717) is 0 Å². The molecule has 1 saturated carbocycles. The molecule has 90 valence electrons. The molecule has 0 aromatic heterocycles. The van der Waals surface area contributed by atoms with Crippen LogP contribution in [0.25, 0.3) is 0 Å². The van der Waals surface area contributed by atoms with Gasteiger partial charge in [0.1, 0.15) is 0 Å². The van der Waals surface area contributed by atoms with E-state index in [-0.39, 0.29) is 0 Å². The van der Waals surface area contributed by atoms with E-state index in [1.165, 1.54) is 44.9 Å². The Balaban J connectivity index is 2.20. The average molecular weight is 210 g/mol. The van der Waals surface area contributed by atoms with Crippen molar-refractivity contribution < 1.29 is 0 Å². The van der Waals surface area contributed by atoms with Gasteiger partial charge < -0.3 is 0 Å². The molecular formula is C15H30. The van der Waals surface area contributed by atoms with Crippen LogP contribution < -0.4 is 0 Å². The minimum atomic E-state index is 0.955. The summed E-state index contributed by atoms with van der Waals surface area (Å²) in [5.41, 5.74) is 0. The molecule has 0 saturated heterocycles. The van der Waals surface area contributed by atoms with Crippen LogP contribution in [-0.4, -0.2) is 0 Å². The van der Waals surface area contributed by atoms with Gasteiger partial charge in [-0.15, -0.1) is 0 Å². The normalized spacial score (nSPS) is 36.8. The molecule has 0 N–H and O–H groups in total. The Kier molecular flexibility index (Phi) is 5.71. The maximum atomic E-state index is 2.46. The van der Waals surface area contributed by atoms with Crippen molar-refractivity contribution in [2.24, 2.45) is 23.7 Å². The molecular weight excluding hydrogens is 180 g/mol. The lowest BCUT2D eigenvalue weighted by Crippen LogP contribution is -2.27. The number of rotatable bonds is 5. The smallest absolute Gasteiger partial charge is 0.0391 e. The van der Waals surface area contributed by atoms with Gasteiger partial charge in [-0.1, -0.05) is 59.8 Å². The molecule has 1 rings (SSSR count). The number of hydrogen-bond donors (Lipinski definition) is 0. The molecule has 15 heavy (non-hydrogen) atoms. The van der Waals surface area contributed by atoms with E-state index < -0.39 is 0 Å². The molecule has 1 aliphatic carbocycles. The topological polar surface area (TPSA) is 0 Å². The van der Waals surface area contributed by atoms with Gasteiger partial charge in [-0.05, 0) is 36.5 Å². The molecule has 0 spiro atoms. The van der Waals surface area contributed by atoms with E-state index in [4.69, 9.17) is 0 Å². The van der Waals surface area contributed by atoms with Gasteiger partial charge in [0.25, 0.3) is 0 Å². The summed E-state index contributed by atoms with van der Waals surface area (Å²) >= 11 is 0.